The van der Waals surface area contributed by atoms with Crippen molar-refractivity contribution in [1.82, 2.24) is 4.98 Å². The van der Waals surface area contributed by atoms with Crippen LogP contribution in [-0.2, 0) is 12.0 Å². The molecule has 176 valence electrons. The average Bonchev–Trinajstić information content (AvgIpc) is 3.09. The molecule has 0 saturated heterocycles. The molecule has 0 radical (unpaired) electrons. The first kappa shape index (κ1) is 22.1. The Hall–Kier alpha value is -3.37. The maximum absolute atomic E-state index is 7.27. The summed E-state index contributed by atoms with van der Waals surface area (Å²) in [6, 6.07) is 21.0. The first-order valence-corrected chi connectivity index (χ1v) is 12.6. The number of fused-ring (bicyclic) bond motifs is 4. The highest BCUT2D eigenvalue weighted by molar-refractivity contribution is 6.30. The summed E-state index contributed by atoms with van der Waals surface area (Å²) in [6.45, 7) is 7.27. The second-order valence-electron chi connectivity index (χ2n) is 9.55. The third kappa shape index (κ3) is 3.06. The van der Waals surface area contributed by atoms with Gasteiger partial charge in [-0.2, -0.15) is 0 Å². The Balaban J connectivity index is 1.63. The van der Waals surface area contributed by atoms with Gasteiger partial charge in [-0.05, 0) is 72.2 Å². The average molecular weight is 482 g/mol. The van der Waals surface area contributed by atoms with Crippen molar-refractivity contribution in [2.75, 3.05) is 4.90 Å². The summed E-state index contributed by atoms with van der Waals surface area (Å²) in [6.07, 6.45) is 7.53. The number of aliphatic imine (C=N–C) groups is 1. The minimum atomic E-state index is -0.803. The summed E-state index contributed by atoms with van der Waals surface area (Å²) in [4.78, 5) is 11.9. The molecule has 6 rings (SSSR count). The van der Waals surface area contributed by atoms with E-state index in [4.69, 9.17) is 21.3 Å². The van der Waals surface area contributed by atoms with Crippen molar-refractivity contribution in [3.63, 3.8) is 0 Å². The SMILES string of the molecule is CCC1(CC)c2cc(Cl)ccc2N(Cc2ccccc2)C12C=Nc1c(C)cc3ccncc3c1O2. The second kappa shape index (κ2) is 8.10. The predicted molar refractivity (Wildman–Crippen MR) is 144 cm³/mol. The molecule has 1 spiro atoms. The van der Waals surface area contributed by atoms with E-state index in [1.54, 1.807) is 0 Å². The van der Waals surface area contributed by atoms with Crippen LogP contribution < -0.4 is 9.64 Å². The Kier molecular flexibility index (Phi) is 5.12. The molecule has 0 N–H and O–H groups in total. The van der Waals surface area contributed by atoms with Crippen molar-refractivity contribution in [3.8, 4) is 5.75 Å². The van der Waals surface area contributed by atoms with Gasteiger partial charge in [0.1, 0.15) is 5.69 Å². The molecule has 4 nitrogen and oxygen atoms in total. The van der Waals surface area contributed by atoms with E-state index in [1.807, 2.05) is 30.7 Å². The number of anilines is 1. The number of hydrogen-bond donors (Lipinski definition) is 0. The normalized spacial score (nSPS) is 19.6. The Labute approximate surface area is 211 Å². The maximum atomic E-state index is 7.27. The van der Waals surface area contributed by atoms with Crippen LogP contribution in [0.5, 0.6) is 5.75 Å². The van der Waals surface area contributed by atoms with Gasteiger partial charge in [-0.1, -0.05) is 55.8 Å². The molecule has 0 bridgehead atoms. The first-order chi connectivity index (χ1) is 17.0. The van der Waals surface area contributed by atoms with Crippen molar-refractivity contribution < 1.29 is 4.74 Å². The van der Waals surface area contributed by atoms with E-state index >= 15 is 0 Å². The van der Waals surface area contributed by atoms with Gasteiger partial charge in [-0.25, -0.2) is 0 Å². The molecule has 1 unspecified atom stereocenters. The lowest BCUT2D eigenvalue weighted by Gasteiger charge is -2.49. The van der Waals surface area contributed by atoms with E-state index < -0.39 is 5.72 Å². The third-order valence-corrected chi connectivity index (χ3v) is 8.16. The van der Waals surface area contributed by atoms with Crippen LogP contribution in [-0.4, -0.2) is 16.9 Å². The van der Waals surface area contributed by atoms with Gasteiger partial charge in [-0.15, -0.1) is 0 Å². The molecule has 2 aliphatic heterocycles. The highest BCUT2D eigenvalue weighted by Crippen LogP contribution is 2.59. The van der Waals surface area contributed by atoms with Gasteiger partial charge in [-0.3, -0.25) is 9.98 Å². The summed E-state index contributed by atoms with van der Waals surface area (Å²) in [5, 5.41) is 2.83. The van der Waals surface area contributed by atoms with E-state index in [0.717, 1.165) is 51.3 Å². The number of benzene rings is 3. The fraction of sp³-hybridized carbons (Fsp3) is 0.267. The number of ether oxygens (including phenoxy) is 1. The molecule has 1 aromatic heterocycles. The number of hydrogen-bond acceptors (Lipinski definition) is 4. The molecule has 4 aromatic rings. The molecule has 3 heterocycles. The molecule has 1 atom stereocenters. The first-order valence-electron chi connectivity index (χ1n) is 12.3. The minimum Gasteiger partial charge on any atom is -0.459 e. The molecule has 0 fully saturated rings. The molecular formula is C30H28ClN3O. The van der Waals surface area contributed by atoms with Crippen molar-refractivity contribution in [1.29, 1.82) is 0 Å². The standard InChI is InChI=1S/C30H28ClN3O/c1-4-29(5-2)25-16-23(31)11-12-26(25)34(18-21-9-7-6-8-10-21)30(29)19-33-27-20(3)15-22-13-14-32-17-24(22)28(27)35-30/h6-17,19H,4-5,18H2,1-3H3. The maximum Gasteiger partial charge on any atom is 0.229 e. The summed E-state index contributed by atoms with van der Waals surface area (Å²) in [5.41, 5.74) is 4.42. The Morgan fingerprint density at radius 2 is 1.80 bits per heavy atom. The van der Waals surface area contributed by atoms with Crippen molar-refractivity contribution >= 4 is 40.0 Å². The Morgan fingerprint density at radius 1 is 1.00 bits per heavy atom. The molecule has 0 amide bonds. The van der Waals surface area contributed by atoms with Crippen LogP contribution in [0.4, 0.5) is 11.4 Å². The summed E-state index contributed by atoms with van der Waals surface area (Å²) in [5.74, 6) is 0.804. The number of halogens is 1. The Morgan fingerprint density at radius 3 is 2.57 bits per heavy atom. The topological polar surface area (TPSA) is 37.7 Å². The van der Waals surface area contributed by atoms with Gasteiger partial charge in [0.2, 0.25) is 5.72 Å². The second-order valence-corrected chi connectivity index (χ2v) is 9.98. The van der Waals surface area contributed by atoms with Crippen LogP contribution in [0.15, 0.2) is 78.0 Å². The fourth-order valence-electron chi connectivity index (χ4n) is 6.14. The van der Waals surface area contributed by atoms with Crippen molar-refractivity contribution in [2.24, 2.45) is 4.99 Å². The summed E-state index contributed by atoms with van der Waals surface area (Å²) in [7, 11) is 0. The van der Waals surface area contributed by atoms with Crippen LogP contribution in [0.1, 0.15) is 43.4 Å². The molecular weight excluding hydrogens is 454 g/mol. The molecule has 3 aromatic carbocycles. The quantitative estimate of drug-likeness (QED) is 0.299. The van der Waals surface area contributed by atoms with E-state index in [-0.39, 0.29) is 5.41 Å². The number of pyridine rings is 1. The van der Waals surface area contributed by atoms with E-state index in [2.05, 4.69) is 79.2 Å². The fourth-order valence-corrected chi connectivity index (χ4v) is 6.31. The van der Waals surface area contributed by atoms with Crippen LogP contribution in [0, 0.1) is 6.92 Å². The Bertz CT molecular complexity index is 1460. The summed E-state index contributed by atoms with van der Waals surface area (Å²) >= 11 is 6.58. The van der Waals surface area contributed by atoms with Crippen LogP contribution >= 0.6 is 11.6 Å². The molecule has 35 heavy (non-hydrogen) atoms. The highest BCUT2D eigenvalue weighted by atomic mass is 35.5. The van der Waals surface area contributed by atoms with Crippen LogP contribution in [0.25, 0.3) is 10.8 Å². The van der Waals surface area contributed by atoms with Crippen LogP contribution in [0.2, 0.25) is 5.02 Å². The number of rotatable bonds is 4. The number of aryl methyl sites for hydroxylation is 1. The smallest absolute Gasteiger partial charge is 0.229 e. The molecule has 0 saturated carbocycles. The van der Waals surface area contributed by atoms with Crippen molar-refractivity contribution in [2.45, 2.75) is 51.3 Å². The van der Waals surface area contributed by atoms with Gasteiger partial charge in [0.05, 0.1) is 11.6 Å². The zero-order valence-corrected chi connectivity index (χ0v) is 21.0. The zero-order valence-electron chi connectivity index (χ0n) is 20.3. The van der Waals surface area contributed by atoms with Gasteiger partial charge in [0, 0.05) is 35.0 Å². The summed E-state index contributed by atoms with van der Waals surface area (Å²) < 4.78 is 7.27. The lowest BCUT2D eigenvalue weighted by atomic mass is 9.69. The van der Waals surface area contributed by atoms with Gasteiger partial charge < -0.3 is 9.64 Å². The van der Waals surface area contributed by atoms with Crippen LogP contribution in [0.3, 0.4) is 0 Å². The van der Waals surface area contributed by atoms with E-state index in [0.29, 0.717) is 6.54 Å². The third-order valence-electron chi connectivity index (χ3n) is 7.93. The lowest BCUT2D eigenvalue weighted by molar-refractivity contribution is 0.0535. The highest BCUT2D eigenvalue weighted by Gasteiger charge is 2.63. The largest absolute Gasteiger partial charge is 0.459 e. The zero-order chi connectivity index (χ0) is 24.2. The van der Waals surface area contributed by atoms with Gasteiger partial charge >= 0.3 is 0 Å². The monoisotopic (exact) mass is 481 g/mol. The number of nitrogens with zero attached hydrogens (tertiary/aromatic N) is 3. The predicted octanol–water partition coefficient (Wildman–Crippen LogP) is 7.77. The van der Waals surface area contributed by atoms with E-state index in [1.165, 1.54) is 11.1 Å². The van der Waals surface area contributed by atoms with E-state index in [9.17, 15) is 0 Å². The minimum absolute atomic E-state index is 0.332. The molecule has 2 aliphatic rings. The van der Waals surface area contributed by atoms with Gasteiger partial charge in [0.15, 0.2) is 5.75 Å². The lowest BCUT2D eigenvalue weighted by Crippen LogP contribution is -2.63. The van der Waals surface area contributed by atoms with Gasteiger partial charge in [0.25, 0.3) is 0 Å². The molecule has 0 aliphatic carbocycles. The molecule has 5 heteroatoms. The van der Waals surface area contributed by atoms with Crippen molar-refractivity contribution in [3.05, 3.63) is 94.8 Å². The number of aromatic nitrogens is 1.